The number of likely N-dealkylation sites (N-methyl/N-ethyl adjacent to an activating group) is 1. The second-order valence-electron chi connectivity index (χ2n) is 4.65. The summed E-state index contributed by atoms with van der Waals surface area (Å²) in [5.74, 6) is -1.02. The van der Waals surface area contributed by atoms with E-state index in [2.05, 4.69) is 23.7 Å². The van der Waals surface area contributed by atoms with E-state index in [1.54, 1.807) is 0 Å². The zero-order valence-electron chi connectivity index (χ0n) is 11.5. The monoisotopic (exact) mass is 269 g/mol. The largest absolute Gasteiger partial charge is 0.480 e. The molecule has 0 aromatic carbocycles. The third-order valence-electron chi connectivity index (χ3n) is 3.11. The lowest BCUT2D eigenvalue weighted by Crippen LogP contribution is -2.45. The molecule has 1 fully saturated rings. The number of carboxylic acid groups (broad SMARTS) is 1. The van der Waals surface area contributed by atoms with Crippen LogP contribution in [0.15, 0.2) is 12.7 Å². The molecular formula is C13H23N3O3. The summed E-state index contributed by atoms with van der Waals surface area (Å²) < 4.78 is 0. The Bertz CT molecular complexity index is 329. The third-order valence-corrected chi connectivity index (χ3v) is 3.11. The standard InChI is InChI=1S/C13H23N3O3/c1-3-8-16(10-12(17)18)13(19)14-7-9-15(4-2)11-5-6-11/h3,11H,1,4-10H2,2H3,(H,14,19)(H,17,18). The van der Waals surface area contributed by atoms with Gasteiger partial charge in [0.25, 0.3) is 0 Å². The summed E-state index contributed by atoms with van der Waals surface area (Å²) in [7, 11) is 0. The number of rotatable bonds is 9. The molecule has 6 heteroatoms. The molecule has 0 radical (unpaired) electrons. The van der Waals surface area contributed by atoms with Crippen molar-refractivity contribution in [2.24, 2.45) is 0 Å². The van der Waals surface area contributed by atoms with Crippen molar-refractivity contribution in [3.8, 4) is 0 Å². The van der Waals surface area contributed by atoms with Gasteiger partial charge in [-0.2, -0.15) is 0 Å². The number of nitrogens with zero attached hydrogens (tertiary/aromatic N) is 2. The van der Waals surface area contributed by atoms with Gasteiger partial charge in [-0.15, -0.1) is 6.58 Å². The van der Waals surface area contributed by atoms with Crippen LogP contribution in [0.4, 0.5) is 4.79 Å². The summed E-state index contributed by atoms with van der Waals surface area (Å²) in [6, 6.07) is 0.319. The Morgan fingerprint density at radius 3 is 2.63 bits per heavy atom. The van der Waals surface area contributed by atoms with Gasteiger partial charge < -0.3 is 15.3 Å². The average molecular weight is 269 g/mol. The number of nitrogens with one attached hydrogen (secondary N) is 1. The molecule has 1 saturated carbocycles. The first-order valence-electron chi connectivity index (χ1n) is 6.68. The number of hydrogen-bond donors (Lipinski definition) is 2. The molecule has 108 valence electrons. The lowest BCUT2D eigenvalue weighted by molar-refractivity contribution is -0.137. The SMILES string of the molecule is C=CCN(CC(=O)O)C(=O)NCCN(CC)C1CC1. The zero-order valence-corrected chi connectivity index (χ0v) is 11.5. The number of carbonyl (C=O) groups is 2. The van der Waals surface area contributed by atoms with Gasteiger partial charge in [-0.05, 0) is 19.4 Å². The number of carbonyl (C=O) groups excluding carboxylic acids is 1. The van der Waals surface area contributed by atoms with Crippen LogP contribution < -0.4 is 5.32 Å². The molecule has 0 aromatic rings. The summed E-state index contributed by atoms with van der Waals surface area (Å²) in [5, 5.41) is 11.5. The van der Waals surface area contributed by atoms with Crippen LogP contribution in [0, 0.1) is 0 Å². The Balaban J connectivity index is 2.30. The third kappa shape index (κ3) is 5.74. The van der Waals surface area contributed by atoms with Crippen LogP contribution in [0.2, 0.25) is 0 Å². The Labute approximate surface area is 114 Å². The molecule has 2 N–H and O–H groups in total. The van der Waals surface area contributed by atoms with E-state index in [1.807, 2.05) is 0 Å². The van der Waals surface area contributed by atoms with E-state index in [9.17, 15) is 9.59 Å². The smallest absolute Gasteiger partial charge is 0.323 e. The normalized spacial score (nSPS) is 14.2. The van der Waals surface area contributed by atoms with E-state index in [-0.39, 0.29) is 19.1 Å². The summed E-state index contributed by atoms with van der Waals surface area (Å²) >= 11 is 0. The number of aliphatic carboxylic acids is 1. The van der Waals surface area contributed by atoms with Gasteiger partial charge in [0.1, 0.15) is 6.54 Å². The number of urea groups is 1. The first-order valence-corrected chi connectivity index (χ1v) is 6.68. The van der Waals surface area contributed by atoms with Gasteiger partial charge >= 0.3 is 12.0 Å². The maximum absolute atomic E-state index is 11.8. The minimum absolute atomic E-state index is 0.234. The van der Waals surface area contributed by atoms with Crippen LogP contribution in [0.25, 0.3) is 0 Å². The maximum atomic E-state index is 11.8. The molecule has 0 aliphatic heterocycles. The van der Waals surface area contributed by atoms with Crippen LogP contribution in [-0.2, 0) is 4.79 Å². The quantitative estimate of drug-likeness (QED) is 0.606. The van der Waals surface area contributed by atoms with Crippen molar-refractivity contribution in [1.82, 2.24) is 15.1 Å². The van der Waals surface area contributed by atoms with Gasteiger partial charge in [-0.1, -0.05) is 13.0 Å². The molecule has 0 heterocycles. The summed E-state index contributed by atoms with van der Waals surface area (Å²) in [6.45, 7) is 7.88. The summed E-state index contributed by atoms with van der Waals surface area (Å²) in [5.41, 5.74) is 0. The minimum atomic E-state index is -1.02. The predicted octanol–water partition coefficient (Wildman–Crippen LogP) is 0.753. The summed E-state index contributed by atoms with van der Waals surface area (Å²) in [6.07, 6.45) is 4.00. The molecule has 1 aliphatic rings. The van der Waals surface area contributed by atoms with Crippen molar-refractivity contribution in [3.63, 3.8) is 0 Å². The Kier molecular flexibility index (Phi) is 6.35. The van der Waals surface area contributed by atoms with Gasteiger partial charge in [0.05, 0.1) is 0 Å². The molecular weight excluding hydrogens is 246 g/mol. The molecule has 19 heavy (non-hydrogen) atoms. The Hall–Kier alpha value is -1.56. The molecule has 1 rings (SSSR count). The lowest BCUT2D eigenvalue weighted by Gasteiger charge is -2.22. The Morgan fingerprint density at radius 2 is 2.16 bits per heavy atom. The van der Waals surface area contributed by atoms with E-state index < -0.39 is 5.97 Å². The summed E-state index contributed by atoms with van der Waals surface area (Å²) in [4.78, 5) is 26.0. The zero-order chi connectivity index (χ0) is 14.3. The van der Waals surface area contributed by atoms with E-state index in [4.69, 9.17) is 5.11 Å². The molecule has 0 saturated heterocycles. The average Bonchev–Trinajstić information content (AvgIpc) is 3.17. The lowest BCUT2D eigenvalue weighted by atomic mass is 10.4. The van der Waals surface area contributed by atoms with Gasteiger partial charge in [-0.3, -0.25) is 9.69 Å². The van der Waals surface area contributed by atoms with Crippen LogP contribution in [0.1, 0.15) is 19.8 Å². The van der Waals surface area contributed by atoms with Gasteiger partial charge in [-0.25, -0.2) is 4.79 Å². The fourth-order valence-electron chi connectivity index (χ4n) is 2.00. The fourth-order valence-corrected chi connectivity index (χ4v) is 2.00. The minimum Gasteiger partial charge on any atom is -0.480 e. The van der Waals surface area contributed by atoms with E-state index >= 15 is 0 Å². The highest BCUT2D eigenvalue weighted by Crippen LogP contribution is 2.25. The fraction of sp³-hybridized carbons (Fsp3) is 0.692. The maximum Gasteiger partial charge on any atom is 0.323 e. The molecule has 0 atom stereocenters. The molecule has 2 amide bonds. The number of hydrogen-bond acceptors (Lipinski definition) is 3. The molecule has 0 bridgehead atoms. The molecule has 0 aromatic heterocycles. The van der Waals surface area contributed by atoms with Crippen molar-refractivity contribution >= 4 is 12.0 Å². The van der Waals surface area contributed by atoms with E-state index in [1.165, 1.54) is 23.8 Å². The van der Waals surface area contributed by atoms with Gasteiger partial charge in [0, 0.05) is 25.7 Å². The van der Waals surface area contributed by atoms with Crippen molar-refractivity contribution in [2.45, 2.75) is 25.8 Å². The second-order valence-corrected chi connectivity index (χ2v) is 4.65. The van der Waals surface area contributed by atoms with Gasteiger partial charge in [0.2, 0.25) is 0 Å². The van der Waals surface area contributed by atoms with Crippen molar-refractivity contribution < 1.29 is 14.7 Å². The molecule has 0 spiro atoms. The van der Waals surface area contributed by atoms with Crippen molar-refractivity contribution in [2.75, 3.05) is 32.7 Å². The molecule has 6 nitrogen and oxygen atoms in total. The highest BCUT2D eigenvalue weighted by Gasteiger charge is 2.27. The first kappa shape index (κ1) is 15.5. The molecule has 1 aliphatic carbocycles. The topological polar surface area (TPSA) is 72.9 Å². The highest BCUT2D eigenvalue weighted by atomic mass is 16.4. The molecule has 0 unspecified atom stereocenters. The highest BCUT2D eigenvalue weighted by molar-refractivity contribution is 5.80. The van der Waals surface area contributed by atoms with Crippen LogP contribution in [0.5, 0.6) is 0 Å². The van der Waals surface area contributed by atoms with E-state index in [0.29, 0.717) is 12.6 Å². The van der Waals surface area contributed by atoms with Crippen LogP contribution >= 0.6 is 0 Å². The van der Waals surface area contributed by atoms with Crippen LogP contribution in [-0.4, -0.2) is 65.7 Å². The number of carboxylic acids is 1. The number of amides is 2. The van der Waals surface area contributed by atoms with Crippen molar-refractivity contribution in [1.29, 1.82) is 0 Å². The second kappa shape index (κ2) is 7.78. The Morgan fingerprint density at radius 1 is 1.47 bits per heavy atom. The van der Waals surface area contributed by atoms with E-state index in [0.717, 1.165) is 13.1 Å². The van der Waals surface area contributed by atoms with Gasteiger partial charge in [0.15, 0.2) is 0 Å². The predicted molar refractivity (Wildman–Crippen MR) is 73.1 cm³/mol. The van der Waals surface area contributed by atoms with Crippen molar-refractivity contribution in [3.05, 3.63) is 12.7 Å². The van der Waals surface area contributed by atoms with Crippen LogP contribution in [0.3, 0.4) is 0 Å². The first-order chi connectivity index (χ1) is 9.08.